The van der Waals surface area contributed by atoms with E-state index in [2.05, 4.69) is 22.1 Å². The highest BCUT2D eigenvalue weighted by atomic mass is 16.5. The average Bonchev–Trinajstić information content (AvgIpc) is 3.23. The molecule has 172 valence electrons. The van der Waals surface area contributed by atoms with Crippen molar-refractivity contribution in [2.75, 3.05) is 38.2 Å². The number of para-hydroxylation sites is 1. The van der Waals surface area contributed by atoms with Crippen molar-refractivity contribution in [1.29, 1.82) is 0 Å². The second-order valence-electron chi connectivity index (χ2n) is 7.69. The van der Waals surface area contributed by atoms with Gasteiger partial charge in [0, 0.05) is 33.2 Å². The molecular weight excluding hydrogens is 424 g/mol. The molecule has 1 saturated heterocycles. The van der Waals surface area contributed by atoms with Crippen LogP contribution in [0.1, 0.15) is 17.3 Å². The Morgan fingerprint density at radius 2 is 1.91 bits per heavy atom. The van der Waals surface area contributed by atoms with E-state index < -0.39 is 11.2 Å². The second kappa shape index (κ2) is 9.34. The summed E-state index contributed by atoms with van der Waals surface area (Å²) in [6.45, 7) is 4.66. The van der Waals surface area contributed by atoms with E-state index in [9.17, 15) is 14.4 Å². The fraction of sp³-hybridized carbons (Fsp3) is 0.391. The zero-order chi connectivity index (χ0) is 23.5. The van der Waals surface area contributed by atoms with Gasteiger partial charge in [0.25, 0.3) is 5.56 Å². The van der Waals surface area contributed by atoms with Crippen LogP contribution in [0.2, 0.25) is 0 Å². The average molecular weight is 450 g/mol. The van der Waals surface area contributed by atoms with Crippen LogP contribution in [0.5, 0.6) is 5.75 Å². The maximum atomic E-state index is 13.1. The fourth-order valence-corrected chi connectivity index (χ4v) is 4.01. The molecule has 1 aromatic carbocycles. The highest BCUT2D eigenvalue weighted by Crippen LogP contribution is 2.22. The Morgan fingerprint density at radius 1 is 1.18 bits per heavy atom. The first-order valence-corrected chi connectivity index (χ1v) is 10.7. The van der Waals surface area contributed by atoms with Crippen LogP contribution < -0.4 is 26.2 Å². The zero-order valence-corrected chi connectivity index (χ0v) is 18.9. The summed E-state index contributed by atoms with van der Waals surface area (Å²) in [5.41, 5.74) is -0.289. The van der Waals surface area contributed by atoms with Gasteiger partial charge in [-0.15, -0.1) is 5.92 Å². The number of hydrogen-bond acceptors (Lipinski definition) is 7. The number of nitrogens with one attached hydrogen (secondary N) is 1. The summed E-state index contributed by atoms with van der Waals surface area (Å²) in [5.74, 6) is 6.51. The lowest BCUT2D eigenvalue weighted by Gasteiger charge is -2.28. The monoisotopic (exact) mass is 450 g/mol. The van der Waals surface area contributed by atoms with Crippen molar-refractivity contribution in [3.63, 3.8) is 0 Å². The maximum absolute atomic E-state index is 13.1. The van der Waals surface area contributed by atoms with Crippen LogP contribution in [0.4, 0.5) is 5.95 Å². The van der Waals surface area contributed by atoms with Crippen molar-refractivity contribution in [3.05, 3.63) is 50.7 Å². The van der Waals surface area contributed by atoms with Crippen molar-refractivity contribution in [2.45, 2.75) is 20.0 Å². The van der Waals surface area contributed by atoms with Crippen molar-refractivity contribution >= 4 is 22.9 Å². The third-order valence-corrected chi connectivity index (χ3v) is 5.73. The molecule has 0 amide bonds. The van der Waals surface area contributed by atoms with Gasteiger partial charge in [-0.2, -0.15) is 4.98 Å². The van der Waals surface area contributed by atoms with E-state index in [1.54, 1.807) is 35.8 Å². The summed E-state index contributed by atoms with van der Waals surface area (Å²) >= 11 is 0. The highest BCUT2D eigenvalue weighted by molar-refractivity contribution is 5.99. The zero-order valence-electron chi connectivity index (χ0n) is 18.9. The lowest BCUT2D eigenvalue weighted by atomic mass is 10.1. The topological polar surface area (TPSA) is 103 Å². The van der Waals surface area contributed by atoms with E-state index in [-0.39, 0.29) is 30.0 Å². The molecule has 0 atom stereocenters. The molecule has 0 unspecified atom stereocenters. The predicted molar refractivity (Wildman–Crippen MR) is 125 cm³/mol. The van der Waals surface area contributed by atoms with Gasteiger partial charge in [0.1, 0.15) is 5.75 Å². The van der Waals surface area contributed by atoms with Crippen molar-refractivity contribution < 1.29 is 9.53 Å². The lowest BCUT2D eigenvalue weighted by molar-refractivity contribution is 0.0968. The molecule has 3 heterocycles. The number of ketones is 1. The number of benzene rings is 1. The summed E-state index contributed by atoms with van der Waals surface area (Å²) in [6.07, 6.45) is 0. The lowest BCUT2D eigenvalue weighted by Crippen LogP contribution is -2.44. The van der Waals surface area contributed by atoms with Crippen molar-refractivity contribution in [3.8, 4) is 17.6 Å². The van der Waals surface area contributed by atoms with Gasteiger partial charge in [-0.1, -0.05) is 18.1 Å². The van der Waals surface area contributed by atoms with Crippen LogP contribution in [0.3, 0.4) is 0 Å². The number of piperazine rings is 1. The van der Waals surface area contributed by atoms with E-state index in [4.69, 9.17) is 9.72 Å². The first kappa shape index (κ1) is 22.4. The molecule has 0 aliphatic carbocycles. The molecule has 0 saturated carbocycles. The number of nitrogens with zero attached hydrogens (tertiary/aromatic N) is 5. The first-order valence-electron chi connectivity index (χ1n) is 10.7. The van der Waals surface area contributed by atoms with Crippen LogP contribution in [0.25, 0.3) is 11.2 Å². The summed E-state index contributed by atoms with van der Waals surface area (Å²) in [7, 11) is 2.89. The standard InChI is InChI=1S/C23H26N6O4/c1-4-5-12-28-19-20(25-22(28)27-13-10-24-11-14-27)29(23(32)26(2)21(19)31)15-17(30)16-8-6-7-9-18(16)33-3/h6-9,24H,10-15H2,1-3H3. The number of aromatic nitrogens is 4. The van der Waals surface area contributed by atoms with Gasteiger partial charge in [-0.3, -0.25) is 23.3 Å². The second-order valence-corrected chi connectivity index (χ2v) is 7.69. The number of methoxy groups -OCH3 is 1. The number of rotatable bonds is 6. The van der Waals surface area contributed by atoms with Crippen LogP contribution in [0.15, 0.2) is 33.9 Å². The molecule has 10 nitrogen and oxygen atoms in total. The van der Waals surface area contributed by atoms with Crippen LogP contribution >= 0.6 is 0 Å². The molecule has 1 aliphatic rings. The smallest absolute Gasteiger partial charge is 0.332 e. The number of carbonyl (C=O) groups excluding carboxylic acids is 1. The number of fused-ring (bicyclic) bond motifs is 1. The number of imidazole rings is 1. The fourth-order valence-electron chi connectivity index (χ4n) is 4.01. The minimum atomic E-state index is -0.603. The molecule has 2 aromatic heterocycles. The van der Waals surface area contributed by atoms with Crippen LogP contribution in [0, 0.1) is 11.8 Å². The Hall–Kier alpha value is -3.84. The molecule has 10 heteroatoms. The first-order chi connectivity index (χ1) is 16.0. The molecule has 0 spiro atoms. The van der Waals surface area contributed by atoms with Crippen molar-refractivity contribution in [2.24, 2.45) is 7.05 Å². The van der Waals surface area contributed by atoms with Crippen LogP contribution in [-0.4, -0.2) is 57.8 Å². The van der Waals surface area contributed by atoms with Crippen LogP contribution in [-0.2, 0) is 20.1 Å². The third kappa shape index (κ3) is 4.03. The maximum Gasteiger partial charge on any atom is 0.332 e. The molecule has 4 rings (SSSR count). The van der Waals surface area contributed by atoms with E-state index >= 15 is 0 Å². The van der Waals surface area contributed by atoms with E-state index in [1.807, 2.05) is 0 Å². The summed E-state index contributed by atoms with van der Waals surface area (Å²) < 4.78 is 9.31. The summed E-state index contributed by atoms with van der Waals surface area (Å²) in [5, 5.41) is 3.29. The van der Waals surface area contributed by atoms with E-state index in [0.29, 0.717) is 30.4 Å². The summed E-state index contributed by atoms with van der Waals surface area (Å²) in [4.78, 5) is 46.1. The Morgan fingerprint density at radius 3 is 2.61 bits per heavy atom. The molecule has 0 bridgehead atoms. The van der Waals surface area contributed by atoms with Gasteiger partial charge < -0.3 is 15.0 Å². The molecular formula is C23H26N6O4. The van der Waals surface area contributed by atoms with Gasteiger partial charge in [-0.25, -0.2) is 4.79 Å². The predicted octanol–water partition coefficient (Wildman–Crippen LogP) is 0.221. The van der Waals surface area contributed by atoms with E-state index in [0.717, 1.165) is 17.7 Å². The normalized spacial score (nSPS) is 13.6. The van der Waals surface area contributed by atoms with Gasteiger partial charge in [0.05, 0.1) is 25.8 Å². The van der Waals surface area contributed by atoms with Gasteiger partial charge in [0.2, 0.25) is 5.95 Å². The van der Waals surface area contributed by atoms with Crippen molar-refractivity contribution in [1.82, 2.24) is 24.0 Å². The largest absolute Gasteiger partial charge is 0.496 e. The quantitative estimate of drug-likeness (QED) is 0.423. The molecule has 1 aliphatic heterocycles. The Balaban J connectivity index is 1.91. The molecule has 1 fully saturated rings. The van der Waals surface area contributed by atoms with E-state index in [1.165, 1.54) is 18.7 Å². The Kier molecular flexibility index (Phi) is 6.33. The van der Waals surface area contributed by atoms with Gasteiger partial charge in [0.15, 0.2) is 16.9 Å². The molecule has 33 heavy (non-hydrogen) atoms. The molecule has 0 radical (unpaired) electrons. The molecule has 1 N–H and O–H groups in total. The number of ether oxygens (including phenoxy) is 1. The Labute approximate surface area is 190 Å². The number of carbonyl (C=O) groups is 1. The summed E-state index contributed by atoms with van der Waals surface area (Å²) in [6, 6.07) is 6.83. The number of anilines is 1. The number of Topliss-reactive ketones (excluding diaryl/α,β-unsaturated/α-hetero) is 1. The highest BCUT2D eigenvalue weighted by Gasteiger charge is 2.25. The molecule has 3 aromatic rings. The van der Waals surface area contributed by atoms with Gasteiger partial charge in [-0.05, 0) is 19.1 Å². The third-order valence-electron chi connectivity index (χ3n) is 5.73. The minimum Gasteiger partial charge on any atom is -0.496 e. The minimum absolute atomic E-state index is 0.179. The van der Waals surface area contributed by atoms with Gasteiger partial charge >= 0.3 is 5.69 Å². The SMILES string of the molecule is CC#CCn1c(N2CCNCC2)nc2c1c(=O)n(C)c(=O)n2CC(=O)c1ccccc1OC. The Bertz CT molecular complexity index is 1380. The number of hydrogen-bond donors (Lipinski definition) is 1.